The molecule has 3 heterocycles. The lowest BCUT2D eigenvalue weighted by Gasteiger charge is -2.14. The number of benzene rings is 1. The number of halogens is 3. The molecule has 1 aromatic carbocycles. The SMILES string of the molecule is Nc1nc(OCCCC(F)(F)F)nn2c(Cc3ccc(CN4CCCC4)cc3)cnc12. The van der Waals surface area contributed by atoms with Crippen molar-refractivity contribution in [1.82, 2.24) is 24.5 Å². The number of nitrogen functional groups attached to an aromatic ring is 1. The van der Waals surface area contributed by atoms with Crippen LogP contribution in [0.1, 0.15) is 42.5 Å². The first-order valence-corrected chi connectivity index (χ1v) is 10.4. The van der Waals surface area contributed by atoms with Gasteiger partial charge in [0.05, 0.1) is 18.5 Å². The average molecular weight is 434 g/mol. The third kappa shape index (κ3) is 5.63. The molecule has 3 aromatic rings. The monoisotopic (exact) mass is 434 g/mol. The summed E-state index contributed by atoms with van der Waals surface area (Å²) in [6, 6.07) is 8.38. The van der Waals surface area contributed by atoms with Gasteiger partial charge in [-0.1, -0.05) is 24.3 Å². The normalized spacial score (nSPS) is 15.1. The standard InChI is InChI=1S/C21H25F3N6O/c22-21(23,24)8-3-11-31-20-27-18(25)19-26-13-17(30(19)28-20)12-15-4-6-16(7-5-15)14-29-9-1-2-10-29/h4-7,13H,1-3,8-12,14H2,(H2,25,27,28). The minimum absolute atomic E-state index is 0.0626. The molecule has 1 aliphatic rings. The summed E-state index contributed by atoms with van der Waals surface area (Å²) in [7, 11) is 0. The highest BCUT2D eigenvalue weighted by molar-refractivity contribution is 5.59. The number of fused-ring (bicyclic) bond motifs is 1. The van der Waals surface area contributed by atoms with Crippen LogP contribution in [0.2, 0.25) is 0 Å². The summed E-state index contributed by atoms with van der Waals surface area (Å²) < 4.78 is 43.7. The lowest BCUT2D eigenvalue weighted by atomic mass is 10.1. The van der Waals surface area contributed by atoms with E-state index in [9.17, 15) is 13.2 Å². The van der Waals surface area contributed by atoms with Gasteiger partial charge in [-0.3, -0.25) is 4.90 Å². The van der Waals surface area contributed by atoms with E-state index in [2.05, 4.69) is 44.2 Å². The van der Waals surface area contributed by atoms with Crippen LogP contribution in [-0.2, 0) is 13.0 Å². The third-order valence-electron chi connectivity index (χ3n) is 5.29. The first-order valence-electron chi connectivity index (χ1n) is 10.4. The van der Waals surface area contributed by atoms with E-state index < -0.39 is 12.6 Å². The van der Waals surface area contributed by atoms with E-state index in [0.29, 0.717) is 12.1 Å². The summed E-state index contributed by atoms with van der Waals surface area (Å²) in [5, 5.41) is 4.27. The molecular formula is C21H25F3N6O. The number of imidazole rings is 1. The number of ether oxygens (including phenoxy) is 1. The largest absolute Gasteiger partial charge is 0.462 e. The van der Waals surface area contributed by atoms with E-state index in [1.807, 2.05) is 0 Å². The van der Waals surface area contributed by atoms with Gasteiger partial charge in [0.2, 0.25) is 0 Å². The summed E-state index contributed by atoms with van der Waals surface area (Å²) in [5.41, 5.74) is 9.49. The molecule has 7 nitrogen and oxygen atoms in total. The van der Waals surface area contributed by atoms with Crippen LogP contribution in [0.3, 0.4) is 0 Å². The molecule has 1 fully saturated rings. The van der Waals surface area contributed by atoms with Crippen molar-refractivity contribution in [3.8, 4) is 6.01 Å². The minimum Gasteiger partial charge on any atom is -0.462 e. The third-order valence-corrected chi connectivity index (χ3v) is 5.29. The molecule has 2 aromatic heterocycles. The van der Waals surface area contributed by atoms with Gasteiger partial charge >= 0.3 is 12.2 Å². The summed E-state index contributed by atoms with van der Waals surface area (Å²) in [5.74, 6) is 0.119. The lowest BCUT2D eigenvalue weighted by Crippen LogP contribution is -2.18. The Morgan fingerprint density at radius 1 is 1.06 bits per heavy atom. The Morgan fingerprint density at radius 3 is 2.48 bits per heavy atom. The van der Waals surface area contributed by atoms with E-state index in [4.69, 9.17) is 10.5 Å². The number of hydrogen-bond donors (Lipinski definition) is 1. The Kier molecular flexibility index (Phi) is 6.26. The Balaban J connectivity index is 1.43. The van der Waals surface area contributed by atoms with Crippen molar-refractivity contribution in [1.29, 1.82) is 0 Å². The van der Waals surface area contributed by atoms with Crippen molar-refractivity contribution in [2.45, 2.75) is 44.8 Å². The molecule has 0 aliphatic carbocycles. The fraction of sp³-hybridized carbons (Fsp3) is 0.476. The molecular weight excluding hydrogens is 409 g/mol. The smallest absolute Gasteiger partial charge is 0.389 e. The fourth-order valence-electron chi connectivity index (χ4n) is 3.72. The van der Waals surface area contributed by atoms with E-state index in [0.717, 1.165) is 30.9 Å². The van der Waals surface area contributed by atoms with Gasteiger partial charge in [0.1, 0.15) is 0 Å². The van der Waals surface area contributed by atoms with Gasteiger partial charge in [-0.05, 0) is 43.5 Å². The van der Waals surface area contributed by atoms with Crippen LogP contribution in [0.4, 0.5) is 19.0 Å². The summed E-state index contributed by atoms with van der Waals surface area (Å²) in [6.45, 7) is 3.14. The molecule has 0 amide bonds. The Hall–Kier alpha value is -2.88. The van der Waals surface area contributed by atoms with E-state index >= 15 is 0 Å². The summed E-state index contributed by atoms with van der Waals surface area (Å²) in [6.07, 6.45) is -0.521. The van der Waals surface area contributed by atoms with Crippen molar-refractivity contribution in [3.63, 3.8) is 0 Å². The second kappa shape index (κ2) is 9.09. The number of rotatable bonds is 8. The maximum atomic E-state index is 12.3. The number of likely N-dealkylation sites (tertiary alicyclic amines) is 1. The van der Waals surface area contributed by atoms with Gasteiger partial charge < -0.3 is 10.5 Å². The zero-order valence-electron chi connectivity index (χ0n) is 17.1. The second-order valence-corrected chi connectivity index (χ2v) is 7.81. The van der Waals surface area contributed by atoms with Crippen LogP contribution in [0, 0.1) is 0 Å². The number of alkyl halides is 3. The maximum Gasteiger partial charge on any atom is 0.389 e. The van der Waals surface area contributed by atoms with Crippen LogP contribution in [0.15, 0.2) is 30.5 Å². The van der Waals surface area contributed by atoms with E-state index in [1.165, 1.54) is 18.4 Å². The quantitative estimate of drug-likeness (QED) is 0.546. The van der Waals surface area contributed by atoms with E-state index in [1.54, 1.807) is 10.7 Å². The maximum absolute atomic E-state index is 12.3. The van der Waals surface area contributed by atoms with E-state index in [-0.39, 0.29) is 24.9 Å². The van der Waals surface area contributed by atoms with Crippen molar-refractivity contribution in [3.05, 3.63) is 47.3 Å². The molecule has 166 valence electrons. The van der Waals surface area contributed by atoms with Crippen molar-refractivity contribution >= 4 is 11.5 Å². The van der Waals surface area contributed by atoms with Gasteiger partial charge in [-0.2, -0.15) is 18.2 Å². The summed E-state index contributed by atoms with van der Waals surface area (Å²) in [4.78, 5) is 10.7. The Morgan fingerprint density at radius 2 is 1.77 bits per heavy atom. The molecule has 0 unspecified atom stereocenters. The predicted octanol–water partition coefficient (Wildman–Crippen LogP) is 3.61. The minimum atomic E-state index is -4.21. The zero-order valence-corrected chi connectivity index (χ0v) is 17.1. The number of nitrogens with zero attached hydrogens (tertiary/aromatic N) is 5. The highest BCUT2D eigenvalue weighted by Crippen LogP contribution is 2.22. The first kappa shape index (κ1) is 21.4. The number of hydrogen-bond acceptors (Lipinski definition) is 6. The van der Waals surface area contributed by atoms with Gasteiger partial charge in [-0.15, -0.1) is 5.10 Å². The van der Waals surface area contributed by atoms with Crippen molar-refractivity contribution in [2.75, 3.05) is 25.4 Å². The molecule has 0 saturated carbocycles. The highest BCUT2D eigenvalue weighted by atomic mass is 19.4. The molecule has 0 spiro atoms. The van der Waals surface area contributed by atoms with Gasteiger partial charge in [-0.25, -0.2) is 9.50 Å². The van der Waals surface area contributed by atoms with Gasteiger partial charge in [0.15, 0.2) is 11.5 Å². The second-order valence-electron chi connectivity index (χ2n) is 7.81. The van der Waals surface area contributed by atoms with Crippen molar-refractivity contribution < 1.29 is 17.9 Å². The Bertz CT molecular complexity index is 1010. The average Bonchev–Trinajstić information content (AvgIpc) is 3.37. The van der Waals surface area contributed by atoms with Gasteiger partial charge in [0, 0.05) is 19.4 Å². The topological polar surface area (TPSA) is 81.6 Å². The first-order chi connectivity index (χ1) is 14.9. The number of aromatic nitrogens is 4. The molecule has 1 aliphatic heterocycles. The number of nitrogens with two attached hydrogens (primary N) is 1. The fourth-order valence-corrected chi connectivity index (χ4v) is 3.72. The summed E-state index contributed by atoms with van der Waals surface area (Å²) >= 11 is 0. The van der Waals surface area contributed by atoms with Gasteiger partial charge in [0.25, 0.3) is 0 Å². The van der Waals surface area contributed by atoms with Crippen LogP contribution in [-0.4, -0.2) is 50.4 Å². The van der Waals surface area contributed by atoms with Crippen LogP contribution < -0.4 is 10.5 Å². The molecule has 0 atom stereocenters. The lowest BCUT2D eigenvalue weighted by molar-refractivity contribution is -0.136. The molecule has 2 N–H and O–H groups in total. The molecule has 1 saturated heterocycles. The van der Waals surface area contributed by atoms with Crippen LogP contribution in [0.25, 0.3) is 5.65 Å². The molecule has 31 heavy (non-hydrogen) atoms. The number of anilines is 1. The predicted molar refractivity (Wildman–Crippen MR) is 110 cm³/mol. The molecule has 10 heteroatoms. The molecule has 4 rings (SSSR count). The molecule has 0 bridgehead atoms. The van der Waals surface area contributed by atoms with Crippen LogP contribution >= 0.6 is 0 Å². The van der Waals surface area contributed by atoms with Crippen LogP contribution in [0.5, 0.6) is 6.01 Å². The highest BCUT2D eigenvalue weighted by Gasteiger charge is 2.26. The zero-order chi connectivity index (χ0) is 21.8. The molecule has 0 radical (unpaired) electrons. The van der Waals surface area contributed by atoms with Crippen molar-refractivity contribution in [2.24, 2.45) is 0 Å². The Labute approximate surface area is 178 Å².